The van der Waals surface area contributed by atoms with Crippen LogP contribution in [0.2, 0.25) is 0 Å². The highest BCUT2D eigenvalue weighted by Gasteiger charge is 2.15. The van der Waals surface area contributed by atoms with Crippen molar-refractivity contribution >= 4 is 36.0 Å². The highest BCUT2D eigenvalue weighted by molar-refractivity contribution is 14.0. The van der Waals surface area contributed by atoms with E-state index in [4.69, 9.17) is 9.26 Å². The van der Waals surface area contributed by atoms with Gasteiger partial charge >= 0.3 is 6.09 Å². The number of carbonyl (C=O) groups is 1. The van der Waals surface area contributed by atoms with Crippen LogP contribution in [0.3, 0.4) is 0 Å². The second-order valence-electron chi connectivity index (χ2n) is 5.54. The van der Waals surface area contributed by atoms with E-state index in [0.717, 1.165) is 12.2 Å². The molecule has 23 heavy (non-hydrogen) atoms. The summed E-state index contributed by atoms with van der Waals surface area (Å²) < 4.78 is 9.90. The lowest BCUT2D eigenvalue weighted by atomic mass is 10.2. The highest BCUT2D eigenvalue weighted by atomic mass is 127. The van der Waals surface area contributed by atoms with Crippen molar-refractivity contribution in [3.8, 4) is 0 Å². The van der Waals surface area contributed by atoms with E-state index in [1.165, 1.54) is 6.26 Å². The van der Waals surface area contributed by atoms with Crippen molar-refractivity contribution in [3.05, 3.63) is 18.0 Å². The summed E-state index contributed by atoms with van der Waals surface area (Å²) in [5, 5.41) is 12.7. The molecule has 132 valence electrons. The van der Waals surface area contributed by atoms with E-state index in [1.54, 1.807) is 6.07 Å². The van der Waals surface area contributed by atoms with Crippen molar-refractivity contribution in [2.75, 3.05) is 19.6 Å². The van der Waals surface area contributed by atoms with Gasteiger partial charge in [0.15, 0.2) is 5.96 Å². The largest absolute Gasteiger partial charge is 0.444 e. The number of nitrogens with one attached hydrogen (secondary N) is 3. The number of nitrogens with zero attached hydrogens (tertiary/aromatic N) is 2. The number of halogens is 1. The maximum atomic E-state index is 11.5. The number of guanidine groups is 1. The van der Waals surface area contributed by atoms with Gasteiger partial charge in [-0.1, -0.05) is 5.16 Å². The standard InChI is InChI=1S/C14H25N5O3.HI/c1-5-15-12(18-10-11-6-9-21-19-11)16-7-8-17-13(20)22-14(2,3)4;/h6,9H,5,7-8,10H2,1-4H3,(H,17,20)(H2,15,16,18);1H. The van der Waals surface area contributed by atoms with Crippen molar-refractivity contribution in [2.45, 2.75) is 39.8 Å². The lowest BCUT2D eigenvalue weighted by Crippen LogP contribution is -2.42. The normalized spacial score (nSPS) is 11.4. The summed E-state index contributed by atoms with van der Waals surface area (Å²) in [6.45, 7) is 9.58. The Hall–Kier alpha value is -1.52. The molecule has 1 rings (SSSR count). The second kappa shape index (κ2) is 11.1. The molecule has 0 aliphatic carbocycles. The minimum Gasteiger partial charge on any atom is -0.444 e. The molecule has 1 aromatic rings. The maximum Gasteiger partial charge on any atom is 0.407 e. The molecule has 1 heterocycles. The van der Waals surface area contributed by atoms with Gasteiger partial charge in [-0.15, -0.1) is 24.0 Å². The highest BCUT2D eigenvalue weighted by Crippen LogP contribution is 2.05. The number of rotatable bonds is 6. The molecule has 0 atom stereocenters. The third-order valence-corrected chi connectivity index (χ3v) is 2.32. The van der Waals surface area contributed by atoms with Gasteiger partial charge in [-0.05, 0) is 27.7 Å². The topological polar surface area (TPSA) is 101 Å². The third kappa shape index (κ3) is 10.8. The molecule has 0 aromatic carbocycles. The number of hydrogen-bond donors (Lipinski definition) is 3. The average molecular weight is 439 g/mol. The van der Waals surface area contributed by atoms with Gasteiger partial charge < -0.3 is 25.2 Å². The van der Waals surface area contributed by atoms with Crippen LogP contribution in [-0.2, 0) is 11.3 Å². The lowest BCUT2D eigenvalue weighted by molar-refractivity contribution is 0.0529. The second-order valence-corrected chi connectivity index (χ2v) is 5.54. The molecule has 0 fully saturated rings. The summed E-state index contributed by atoms with van der Waals surface area (Å²) in [6, 6.07) is 1.76. The van der Waals surface area contributed by atoms with Gasteiger partial charge in [0.2, 0.25) is 0 Å². The smallest absolute Gasteiger partial charge is 0.407 e. The van der Waals surface area contributed by atoms with Crippen molar-refractivity contribution in [1.29, 1.82) is 0 Å². The monoisotopic (exact) mass is 439 g/mol. The summed E-state index contributed by atoms with van der Waals surface area (Å²) in [5.74, 6) is 0.650. The van der Waals surface area contributed by atoms with Crippen LogP contribution >= 0.6 is 24.0 Å². The fourth-order valence-corrected chi connectivity index (χ4v) is 1.48. The molecule has 0 saturated carbocycles. The Morgan fingerprint density at radius 3 is 2.57 bits per heavy atom. The summed E-state index contributed by atoms with van der Waals surface area (Å²) in [4.78, 5) is 15.8. The number of aromatic nitrogens is 1. The fraction of sp³-hybridized carbons (Fsp3) is 0.643. The molecular weight excluding hydrogens is 413 g/mol. The van der Waals surface area contributed by atoms with Crippen molar-refractivity contribution < 1.29 is 14.1 Å². The van der Waals surface area contributed by atoms with E-state index in [9.17, 15) is 4.79 Å². The molecule has 0 radical (unpaired) electrons. The van der Waals surface area contributed by atoms with Gasteiger partial charge in [-0.3, -0.25) is 0 Å². The van der Waals surface area contributed by atoms with E-state index >= 15 is 0 Å². The molecule has 0 aliphatic heterocycles. The molecule has 0 aliphatic rings. The number of alkyl carbamates (subject to hydrolysis) is 1. The Morgan fingerprint density at radius 2 is 2.00 bits per heavy atom. The molecule has 9 heteroatoms. The Morgan fingerprint density at radius 1 is 1.30 bits per heavy atom. The van der Waals surface area contributed by atoms with E-state index in [1.807, 2.05) is 27.7 Å². The Bertz CT molecular complexity index is 471. The number of carbonyl (C=O) groups excluding carboxylic acids is 1. The summed E-state index contributed by atoms with van der Waals surface area (Å²) >= 11 is 0. The number of ether oxygens (including phenoxy) is 1. The van der Waals surface area contributed by atoms with Gasteiger partial charge in [-0.25, -0.2) is 9.79 Å². The summed E-state index contributed by atoms with van der Waals surface area (Å²) in [5.41, 5.74) is 0.259. The number of aliphatic imine (C=N–C) groups is 1. The minimum atomic E-state index is -0.495. The van der Waals surface area contributed by atoms with Gasteiger partial charge in [0.1, 0.15) is 17.6 Å². The first-order valence-corrected chi connectivity index (χ1v) is 7.29. The molecule has 0 spiro atoms. The van der Waals surface area contributed by atoms with Gasteiger partial charge in [0.25, 0.3) is 0 Å². The first-order chi connectivity index (χ1) is 10.4. The summed E-state index contributed by atoms with van der Waals surface area (Å²) in [6.07, 6.45) is 1.08. The van der Waals surface area contributed by atoms with Crippen LogP contribution in [0.25, 0.3) is 0 Å². The Balaban J connectivity index is 0.00000484. The fourth-order valence-electron chi connectivity index (χ4n) is 1.48. The minimum absolute atomic E-state index is 0. The molecule has 1 amide bonds. The molecule has 0 saturated heterocycles. The predicted molar refractivity (Wildman–Crippen MR) is 99.0 cm³/mol. The zero-order chi connectivity index (χ0) is 16.4. The molecule has 0 bridgehead atoms. The van der Waals surface area contributed by atoms with Crippen molar-refractivity contribution in [1.82, 2.24) is 21.1 Å². The van der Waals surface area contributed by atoms with Gasteiger partial charge in [-0.2, -0.15) is 0 Å². The quantitative estimate of drug-likeness (QED) is 0.271. The average Bonchev–Trinajstić information content (AvgIpc) is 2.92. The lowest BCUT2D eigenvalue weighted by Gasteiger charge is -2.19. The zero-order valence-corrected chi connectivity index (χ0v) is 16.3. The number of hydrogen-bond acceptors (Lipinski definition) is 5. The number of amides is 1. The van der Waals surface area contributed by atoms with E-state index in [0.29, 0.717) is 25.6 Å². The Kier molecular flexibility index (Phi) is 10.4. The van der Waals surface area contributed by atoms with Crippen LogP contribution in [0.1, 0.15) is 33.4 Å². The summed E-state index contributed by atoms with van der Waals surface area (Å²) in [7, 11) is 0. The molecular formula is C14H26IN5O3. The van der Waals surface area contributed by atoms with Gasteiger partial charge in [0.05, 0.1) is 6.54 Å². The van der Waals surface area contributed by atoms with Crippen molar-refractivity contribution in [3.63, 3.8) is 0 Å². The first-order valence-electron chi connectivity index (χ1n) is 7.29. The SMILES string of the molecule is CCNC(=NCc1ccon1)NCCNC(=O)OC(C)(C)C.I. The molecule has 1 aromatic heterocycles. The van der Waals surface area contributed by atoms with E-state index in [-0.39, 0.29) is 24.0 Å². The molecule has 8 nitrogen and oxygen atoms in total. The van der Waals surface area contributed by atoms with Gasteiger partial charge in [0, 0.05) is 25.7 Å². The third-order valence-electron chi connectivity index (χ3n) is 2.32. The Labute approximate surface area is 153 Å². The van der Waals surface area contributed by atoms with E-state index in [2.05, 4.69) is 26.1 Å². The van der Waals surface area contributed by atoms with Crippen LogP contribution in [0.15, 0.2) is 21.8 Å². The predicted octanol–water partition coefficient (Wildman–Crippen LogP) is 1.87. The molecule has 3 N–H and O–H groups in total. The van der Waals surface area contributed by atoms with Crippen LogP contribution in [0.4, 0.5) is 4.79 Å². The zero-order valence-electron chi connectivity index (χ0n) is 14.0. The van der Waals surface area contributed by atoms with Crippen LogP contribution in [0.5, 0.6) is 0 Å². The van der Waals surface area contributed by atoms with E-state index < -0.39 is 11.7 Å². The van der Waals surface area contributed by atoms with Crippen LogP contribution in [0, 0.1) is 0 Å². The van der Waals surface area contributed by atoms with Crippen LogP contribution in [-0.4, -0.2) is 42.4 Å². The molecule has 0 unspecified atom stereocenters. The van der Waals surface area contributed by atoms with Crippen LogP contribution < -0.4 is 16.0 Å². The van der Waals surface area contributed by atoms with Crippen molar-refractivity contribution in [2.24, 2.45) is 4.99 Å². The maximum absolute atomic E-state index is 11.5. The first kappa shape index (κ1) is 21.5.